The summed E-state index contributed by atoms with van der Waals surface area (Å²) >= 11 is 0. The second-order valence-electron chi connectivity index (χ2n) is 6.29. The standard InChI is InChI=1S/C17H21F2N5O/c1-10(14-12(18)4-3-5-13(14)19)16(25)22-17-21-15(23-24(17)2)11-6-8-20-9-7-11/h3-5,10-11,20H,6-9H2,1-2H3,(H,21,22,23,25). The number of aromatic nitrogens is 3. The molecule has 134 valence electrons. The van der Waals surface area contributed by atoms with E-state index < -0.39 is 23.5 Å². The third-order valence-corrected chi connectivity index (χ3v) is 4.54. The van der Waals surface area contributed by atoms with E-state index in [2.05, 4.69) is 20.7 Å². The highest BCUT2D eigenvalue weighted by molar-refractivity contribution is 5.94. The van der Waals surface area contributed by atoms with Gasteiger partial charge in [0, 0.05) is 18.5 Å². The van der Waals surface area contributed by atoms with Gasteiger partial charge in [-0.1, -0.05) is 6.07 Å². The molecule has 25 heavy (non-hydrogen) atoms. The van der Waals surface area contributed by atoms with Crippen LogP contribution in [-0.4, -0.2) is 33.8 Å². The lowest BCUT2D eigenvalue weighted by atomic mass is 9.98. The van der Waals surface area contributed by atoms with Gasteiger partial charge in [-0.3, -0.25) is 10.1 Å². The van der Waals surface area contributed by atoms with E-state index >= 15 is 0 Å². The molecule has 2 N–H and O–H groups in total. The number of hydrogen-bond donors (Lipinski definition) is 2. The van der Waals surface area contributed by atoms with E-state index in [-0.39, 0.29) is 17.4 Å². The lowest BCUT2D eigenvalue weighted by Gasteiger charge is -2.19. The van der Waals surface area contributed by atoms with Crippen LogP contribution in [0.25, 0.3) is 0 Å². The van der Waals surface area contributed by atoms with Crippen LogP contribution < -0.4 is 10.6 Å². The monoisotopic (exact) mass is 349 g/mol. The van der Waals surface area contributed by atoms with E-state index in [1.807, 2.05) is 0 Å². The number of amides is 1. The zero-order chi connectivity index (χ0) is 18.0. The number of piperidine rings is 1. The molecule has 1 fully saturated rings. The SMILES string of the molecule is CC(C(=O)Nc1nc(C2CCNCC2)nn1C)c1c(F)cccc1F. The number of rotatable bonds is 4. The second kappa shape index (κ2) is 7.26. The van der Waals surface area contributed by atoms with Crippen LogP contribution in [0, 0.1) is 11.6 Å². The Balaban J connectivity index is 1.75. The van der Waals surface area contributed by atoms with Crippen molar-refractivity contribution in [2.24, 2.45) is 7.05 Å². The van der Waals surface area contributed by atoms with Gasteiger partial charge in [0.2, 0.25) is 11.9 Å². The molecule has 1 atom stereocenters. The van der Waals surface area contributed by atoms with Gasteiger partial charge >= 0.3 is 0 Å². The molecule has 0 spiro atoms. The van der Waals surface area contributed by atoms with E-state index in [0.29, 0.717) is 5.82 Å². The summed E-state index contributed by atoms with van der Waals surface area (Å²) in [6.45, 7) is 3.28. The zero-order valence-corrected chi connectivity index (χ0v) is 14.2. The Labute approximate surface area is 144 Å². The number of carbonyl (C=O) groups is 1. The van der Waals surface area contributed by atoms with Crippen molar-refractivity contribution in [3.63, 3.8) is 0 Å². The summed E-state index contributed by atoms with van der Waals surface area (Å²) in [5.41, 5.74) is -0.249. The molecule has 0 bridgehead atoms. The highest BCUT2D eigenvalue weighted by Gasteiger charge is 2.25. The molecule has 6 nitrogen and oxygen atoms in total. The van der Waals surface area contributed by atoms with Gasteiger partial charge in [-0.15, -0.1) is 0 Å². The molecule has 0 radical (unpaired) electrons. The van der Waals surface area contributed by atoms with Crippen molar-refractivity contribution in [3.8, 4) is 0 Å². The summed E-state index contributed by atoms with van der Waals surface area (Å²) < 4.78 is 29.2. The molecule has 1 unspecified atom stereocenters. The highest BCUT2D eigenvalue weighted by atomic mass is 19.1. The van der Waals surface area contributed by atoms with Crippen LogP contribution in [0.15, 0.2) is 18.2 Å². The number of nitrogens with zero attached hydrogens (tertiary/aromatic N) is 3. The molecular weight excluding hydrogens is 328 g/mol. The Morgan fingerprint density at radius 3 is 2.60 bits per heavy atom. The first-order valence-electron chi connectivity index (χ1n) is 8.33. The van der Waals surface area contributed by atoms with Crippen LogP contribution in [0.4, 0.5) is 14.7 Å². The largest absolute Gasteiger partial charge is 0.317 e. The summed E-state index contributed by atoms with van der Waals surface area (Å²) in [5.74, 6) is -1.78. The second-order valence-corrected chi connectivity index (χ2v) is 6.29. The first kappa shape index (κ1) is 17.5. The molecule has 0 saturated carbocycles. The maximum Gasteiger partial charge on any atom is 0.234 e. The molecule has 8 heteroatoms. The Hall–Kier alpha value is -2.35. The Morgan fingerprint density at radius 1 is 1.32 bits per heavy atom. The Morgan fingerprint density at radius 2 is 1.96 bits per heavy atom. The van der Waals surface area contributed by atoms with E-state index in [9.17, 15) is 13.6 Å². The van der Waals surface area contributed by atoms with Crippen molar-refractivity contribution >= 4 is 11.9 Å². The minimum absolute atomic E-state index is 0.249. The number of nitrogens with one attached hydrogen (secondary N) is 2. The van der Waals surface area contributed by atoms with Gasteiger partial charge < -0.3 is 5.32 Å². The molecule has 1 aliphatic rings. The van der Waals surface area contributed by atoms with Crippen molar-refractivity contribution in [2.45, 2.75) is 31.6 Å². The van der Waals surface area contributed by atoms with E-state index in [4.69, 9.17) is 0 Å². The van der Waals surface area contributed by atoms with Crippen LogP contribution in [0.5, 0.6) is 0 Å². The fraction of sp³-hybridized carbons (Fsp3) is 0.471. The van der Waals surface area contributed by atoms with Crippen LogP contribution >= 0.6 is 0 Å². The fourth-order valence-electron chi connectivity index (χ4n) is 3.04. The average molecular weight is 349 g/mol. The molecule has 1 amide bonds. The van der Waals surface area contributed by atoms with Crippen molar-refractivity contribution in [1.82, 2.24) is 20.1 Å². The number of carbonyl (C=O) groups excluding carboxylic acids is 1. The summed E-state index contributed by atoms with van der Waals surface area (Å²) in [7, 11) is 1.68. The molecule has 1 aromatic carbocycles. The third-order valence-electron chi connectivity index (χ3n) is 4.54. The Bertz CT molecular complexity index is 750. The molecule has 1 aromatic heterocycles. The van der Waals surface area contributed by atoms with E-state index in [0.717, 1.165) is 38.1 Å². The first-order chi connectivity index (χ1) is 12.0. The zero-order valence-electron chi connectivity index (χ0n) is 14.2. The third kappa shape index (κ3) is 3.68. The smallest absolute Gasteiger partial charge is 0.234 e. The Kier molecular flexibility index (Phi) is 5.08. The molecule has 1 aliphatic heterocycles. The highest BCUT2D eigenvalue weighted by Crippen LogP contribution is 2.25. The summed E-state index contributed by atoms with van der Waals surface area (Å²) in [6, 6.07) is 3.55. The van der Waals surface area contributed by atoms with Crippen molar-refractivity contribution in [1.29, 1.82) is 0 Å². The summed E-state index contributed by atoms with van der Waals surface area (Å²) in [4.78, 5) is 16.8. The minimum Gasteiger partial charge on any atom is -0.317 e. The molecule has 0 aliphatic carbocycles. The van der Waals surface area contributed by atoms with E-state index in [1.54, 1.807) is 7.05 Å². The van der Waals surface area contributed by atoms with Gasteiger partial charge in [0.25, 0.3) is 0 Å². The molecular formula is C17H21F2N5O. The maximum atomic E-state index is 13.9. The van der Waals surface area contributed by atoms with Crippen molar-refractivity contribution in [3.05, 3.63) is 41.2 Å². The molecule has 3 rings (SSSR count). The lowest BCUT2D eigenvalue weighted by Crippen LogP contribution is -2.27. The number of hydrogen-bond acceptors (Lipinski definition) is 4. The normalized spacial score (nSPS) is 16.6. The fourth-order valence-corrected chi connectivity index (χ4v) is 3.04. The number of benzene rings is 1. The van der Waals surface area contributed by atoms with Gasteiger partial charge in [0.15, 0.2) is 5.82 Å². The van der Waals surface area contributed by atoms with Crippen molar-refractivity contribution < 1.29 is 13.6 Å². The van der Waals surface area contributed by atoms with Gasteiger partial charge in [0.1, 0.15) is 11.6 Å². The number of anilines is 1. The van der Waals surface area contributed by atoms with Gasteiger partial charge in [-0.2, -0.15) is 10.1 Å². The van der Waals surface area contributed by atoms with Crippen LogP contribution in [0.1, 0.15) is 43.0 Å². The van der Waals surface area contributed by atoms with Gasteiger partial charge in [0.05, 0.1) is 5.92 Å². The minimum atomic E-state index is -0.986. The summed E-state index contributed by atoms with van der Waals surface area (Å²) in [6.07, 6.45) is 1.88. The topological polar surface area (TPSA) is 71.8 Å². The summed E-state index contributed by atoms with van der Waals surface area (Å²) in [5, 5.41) is 10.3. The predicted octanol–water partition coefficient (Wildman–Crippen LogP) is 2.30. The predicted molar refractivity (Wildman–Crippen MR) is 89.3 cm³/mol. The van der Waals surface area contributed by atoms with Crippen LogP contribution in [0.2, 0.25) is 0 Å². The lowest BCUT2D eigenvalue weighted by molar-refractivity contribution is -0.117. The number of aryl methyl sites for hydroxylation is 1. The van der Waals surface area contributed by atoms with Crippen LogP contribution in [0.3, 0.4) is 0 Å². The number of halogens is 2. The maximum absolute atomic E-state index is 13.9. The average Bonchev–Trinajstić information content (AvgIpc) is 2.96. The van der Waals surface area contributed by atoms with Gasteiger partial charge in [-0.25, -0.2) is 13.5 Å². The first-order valence-corrected chi connectivity index (χ1v) is 8.33. The van der Waals surface area contributed by atoms with Crippen LogP contribution in [-0.2, 0) is 11.8 Å². The molecule has 1 saturated heterocycles. The van der Waals surface area contributed by atoms with E-state index in [1.165, 1.54) is 17.7 Å². The molecule has 2 heterocycles. The van der Waals surface area contributed by atoms with Crippen molar-refractivity contribution in [2.75, 3.05) is 18.4 Å². The molecule has 2 aromatic rings. The quantitative estimate of drug-likeness (QED) is 0.888. The van der Waals surface area contributed by atoms with Gasteiger partial charge in [-0.05, 0) is 45.0 Å².